The van der Waals surface area contributed by atoms with E-state index in [9.17, 15) is 4.79 Å². The van der Waals surface area contributed by atoms with E-state index in [2.05, 4.69) is 29.8 Å². The van der Waals surface area contributed by atoms with Crippen LogP contribution in [0.5, 0.6) is 0 Å². The molecule has 1 aliphatic rings. The fraction of sp³-hybridized carbons (Fsp3) is 0.933. The van der Waals surface area contributed by atoms with Crippen LogP contribution >= 0.6 is 0 Å². The van der Waals surface area contributed by atoms with E-state index in [4.69, 9.17) is 4.74 Å². The molecule has 1 unspecified atom stereocenters. The summed E-state index contributed by atoms with van der Waals surface area (Å²) >= 11 is 0. The molecule has 1 aliphatic heterocycles. The molecule has 0 spiro atoms. The Bertz CT molecular complexity index is 305. The number of ether oxygens (including phenoxy) is 1. The van der Waals surface area contributed by atoms with Gasteiger partial charge in [-0.05, 0) is 73.0 Å². The van der Waals surface area contributed by atoms with Crippen LogP contribution in [0, 0.1) is 5.92 Å². The van der Waals surface area contributed by atoms with Gasteiger partial charge in [-0.25, -0.2) is 4.79 Å². The highest BCUT2D eigenvalue weighted by Crippen LogP contribution is 2.11. The number of alkyl carbamates (subject to hydrolysis) is 1. The molecule has 1 saturated heterocycles. The lowest BCUT2D eigenvalue weighted by Gasteiger charge is -2.31. The minimum absolute atomic E-state index is 0.131. The molecule has 1 amide bonds. The van der Waals surface area contributed by atoms with E-state index in [1.807, 2.05) is 20.8 Å². The number of hydrogen-bond acceptors (Lipinski definition) is 4. The zero-order valence-electron chi connectivity index (χ0n) is 13.6. The first-order valence-corrected chi connectivity index (χ1v) is 7.60. The summed E-state index contributed by atoms with van der Waals surface area (Å²) in [7, 11) is 0. The number of piperidine rings is 1. The fourth-order valence-corrected chi connectivity index (χ4v) is 2.19. The van der Waals surface area contributed by atoms with Crippen molar-refractivity contribution >= 4 is 6.09 Å². The van der Waals surface area contributed by atoms with Gasteiger partial charge in [-0.2, -0.15) is 0 Å². The predicted octanol–water partition coefficient (Wildman–Crippen LogP) is 1.88. The van der Waals surface area contributed by atoms with Gasteiger partial charge in [0.05, 0.1) is 0 Å². The Balaban J connectivity index is 2.24. The van der Waals surface area contributed by atoms with E-state index in [1.165, 1.54) is 12.8 Å². The van der Waals surface area contributed by atoms with Gasteiger partial charge in [-0.15, -0.1) is 0 Å². The summed E-state index contributed by atoms with van der Waals surface area (Å²) in [5, 5.41) is 9.78. The van der Waals surface area contributed by atoms with Gasteiger partial charge in [-0.1, -0.05) is 0 Å². The highest BCUT2D eigenvalue weighted by molar-refractivity contribution is 5.67. The summed E-state index contributed by atoms with van der Waals surface area (Å²) in [6.07, 6.45) is 2.17. The Hall–Kier alpha value is -0.810. The van der Waals surface area contributed by atoms with E-state index < -0.39 is 5.60 Å². The van der Waals surface area contributed by atoms with Gasteiger partial charge in [-0.3, -0.25) is 0 Å². The Labute approximate surface area is 123 Å². The molecular formula is C15H31N3O2. The SMILES string of the molecule is CC(C)(CNC(=O)OC(C)(C)C)NCC1CCCNC1. The lowest BCUT2D eigenvalue weighted by atomic mass is 9.97. The molecule has 0 aromatic carbocycles. The molecule has 0 bridgehead atoms. The molecule has 1 fully saturated rings. The lowest BCUT2D eigenvalue weighted by Crippen LogP contribution is -2.52. The van der Waals surface area contributed by atoms with Gasteiger partial charge in [0.15, 0.2) is 0 Å². The third-order valence-corrected chi connectivity index (χ3v) is 3.34. The van der Waals surface area contributed by atoms with Gasteiger partial charge in [0.1, 0.15) is 5.60 Å². The molecule has 1 atom stereocenters. The molecule has 20 heavy (non-hydrogen) atoms. The first-order valence-electron chi connectivity index (χ1n) is 7.60. The van der Waals surface area contributed by atoms with Crippen molar-refractivity contribution < 1.29 is 9.53 Å². The van der Waals surface area contributed by atoms with Crippen LogP contribution in [-0.2, 0) is 4.74 Å². The maximum absolute atomic E-state index is 11.6. The van der Waals surface area contributed by atoms with Crippen molar-refractivity contribution in [2.45, 2.75) is 58.6 Å². The summed E-state index contributed by atoms with van der Waals surface area (Å²) in [6, 6.07) is 0. The van der Waals surface area contributed by atoms with E-state index in [1.54, 1.807) is 0 Å². The van der Waals surface area contributed by atoms with Crippen LogP contribution in [-0.4, -0.2) is 43.4 Å². The number of hydrogen-bond donors (Lipinski definition) is 3. The minimum Gasteiger partial charge on any atom is -0.444 e. The van der Waals surface area contributed by atoms with Crippen LogP contribution in [0.2, 0.25) is 0 Å². The summed E-state index contributed by atoms with van der Waals surface area (Å²) in [4.78, 5) is 11.6. The Morgan fingerprint density at radius 2 is 2.00 bits per heavy atom. The standard InChI is InChI=1S/C15H31N3O2/c1-14(2,3)20-13(19)17-11-15(4,5)18-10-12-7-6-8-16-9-12/h12,16,18H,6-11H2,1-5H3,(H,17,19). The largest absolute Gasteiger partial charge is 0.444 e. The topological polar surface area (TPSA) is 62.4 Å². The highest BCUT2D eigenvalue weighted by Gasteiger charge is 2.23. The van der Waals surface area contributed by atoms with Crippen molar-refractivity contribution in [3.8, 4) is 0 Å². The third kappa shape index (κ3) is 7.70. The van der Waals surface area contributed by atoms with Crippen molar-refractivity contribution in [1.29, 1.82) is 0 Å². The lowest BCUT2D eigenvalue weighted by molar-refractivity contribution is 0.0513. The van der Waals surface area contributed by atoms with E-state index in [0.717, 1.165) is 19.6 Å². The van der Waals surface area contributed by atoms with Gasteiger partial charge >= 0.3 is 6.09 Å². The molecule has 0 aliphatic carbocycles. The highest BCUT2D eigenvalue weighted by atomic mass is 16.6. The van der Waals surface area contributed by atoms with Crippen molar-refractivity contribution in [2.75, 3.05) is 26.2 Å². The zero-order chi connectivity index (χ0) is 15.2. The summed E-state index contributed by atoms with van der Waals surface area (Å²) in [6.45, 7) is 13.6. The number of nitrogens with one attached hydrogen (secondary N) is 3. The van der Waals surface area contributed by atoms with Gasteiger partial charge in [0, 0.05) is 12.1 Å². The van der Waals surface area contributed by atoms with Crippen molar-refractivity contribution in [3.63, 3.8) is 0 Å². The van der Waals surface area contributed by atoms with Crippen LogP contribution < -0.4 is 16.0 Å². The molecule has 5 heteroatoms. The molecule has 0 aromatic heterocycles. The average molecular weight is 285 g/mol. The monoisotopic (exact) mass is 285 g/mol. The molecular weight excluding hydrogens is 254 g/mol. The second-order valence-electron chi connectivity index (χ2n) is 7.33. The summed E-state index contributed by atoms with van der Waals surface area (Å²) in [5.41, 5.74) is -0.580. The smallest absolute Gasteiger partial charge is 0.407 e. The summed E-state index contributed by atoms with van der Waals surface area (Å²) in [5.74, 6) is 0.685. The van der Waals surface area contributed by atoms with Crippen molar-refractivity contribution in [1.82, 2.24) is 16.0 Å². The number of rotatable bonds is 5. The normalized spacial score (nSPS) is 20.6. The maximum Gasteiger partial charge on any atom is 0.407 e. The van der Waals surface area contributed by atoms with E-state index in [0.29, 0.717) is 12.5 Å². The van der Waals surface area contributed by atoms with E-state index >= 15 is 0 Å². The number of carbonyl (C=O) groups is 1. The Kier molecular flexibility index (Phi) is 6.27. The van der Waals surface area contributed by atoms with Crippen molar-refractivity contribution in [3.05, 3.63) is 0 Å². The molecule has 1 heterocycles. The molecule has 0 saturated carbocycles. The van der Waals surface area contributed by atoms with Crippen LogP contribution in [0.4, 0.5) is 4.79 Å². The average Bonchev–Trinajstić information content (AvgIpc) is 2.34. The molecule has 3 N–H and O–H groups in total. The van der Waals surface area contributed by atoms with E-state index in [-0.39, 0.29) is 11.6 Å². The van der Waals surface area contributed by atoms with Gasteiger partial charge < -0.3 is 20.7 Å². The Morgan fingerprint density at radius 3 is 2.55 bits per heavy atom. The van der Waals surface area contributed by atoms with Crippen LogP contribution in [0.3, 0.4) is 0 Å². The number of amides is 1. The number of carbonyl (C=O) groups excluding carboxylic acids is 1. The quantitative estimate of drug-likeness (QED) is 0.722. The minimum atomic E-state index is -0.449. The summed E-state index contributed by atoms with van der Waals surface area (Å²) < 4.78 is 5.24. The van der Waals surface area contributed by atoms with Crippen LogP contribution in [0.25, 0.3) is 0 Å². The molecule has 118 valence electrons. The fourth-order valence-electron chi connectivity index (χ4n) is 2.19. The zero-order valence-corrected chi connectivity index (χ0v) is 13.6. The van der Waals surface area contributed by atoms with Crippen LogP contribution in [0.1, 0.15) is 47.5 Å². The first kappa shape index (κ1) is 17.2. The second-order valence-corrected chi connectivity index (χ2v) is 7.33. The molecule has 5 nitrogen and oxygen atoms in total. The van der Waals surface area contributed by atoms with Crippen molar-refractivity contribution in [2.24, 2.45) is 5.92 Å². The molecule has 1 rings (SSSR count). The third-order valence-electron chi connectivity index (χ3n) is 3.34. The van der Waals surface area contributed by atoms with Gasteiger partial charge in [0.25, 0.3) is 0 Å². The molecule has 0 radical (unpaired) electrons. The predicted molar refractivity (Wildman–Crippen MR) is 81.9 cm³/mol. The maximum atomic E-state index is 11.6. The second kappa shape index (κ2) is 7.27. The first-order chi connectivity index (χ1) is 9.18. The van der Waals surface area contributed by atoms with Crippen LogP contribution in [0.15, 0.2) is 0 Å². The molecule has 0 aromatic rings. The van der Waals surface area contributed by atoms with Gasteiger partial charge in [0.2, 0.25) is 0 Å². The Morgan fingerprint density at radius 1 is 1.30 bits per heavy atom.